The second-order valence-electron chi connectivity index (χ2n) is 6.37. The van der Waals surface area contributed by atoms with Crippen molar-refractivity contribution >= 4 is 11.9 Å². The number of ether oxygens (including phenoxy) is 1. The minimum atomic E-state index is -0.181. The Kier molecular flexibility index (Phi) is 9.05. The fraction of sp³-hybridized carbons (Fsp3) is 0.667. The first-order valence-electron chi connectivity index (χ1n) is 8.73. The molecular weight excluding hydrogens is 320 g/mol. The van der Waals surface area contributed by atoms with Crippen LogP contribution in [-0.4, -0.2) is 78.7 Å². The maximum absolute atomic E-state index is 12.9. The topological polar surface area (TPSA) is 58.0 Å². The zero-order chi connectivity index (χ0) is 18.8. The van der Waals surface area contributed by atoms with E-state index in [1.165, 1.54) is 9.80 Å². The summed E-state index contributed by atoms with van der Waals surface area (Å²) in [5.41, 5.74) is 1.08. The number of hydrogen-bond acceptors (Lipinski definition) is 3. The van der Waals surface area contributed by atoms with Crippen molar-refractivity contribution in [1.82, 2.24) is 19.3 Å². The van der Waals surface area contributed by atoms with Gasteiger partial charge in [0.25, 0.3) is 0 Å². The molecule has 0 saturated carbocycles. The number of carbonyl (C=O) groups excluding carboxylic acids is 2. The van der Waals surface area contributed by atoms with Crippen molar-refractivity contribution in [3.63, 3.8) is 0 Å². The van der Waals surface area contributed by atoms with Gasteiger partial charge in [-0.25, -0.2) is 4.79 Å². The van der Waals surface area contributed by atoms with Gasteiger partial charge in [-0.3, -0.25) is 4.79 Å². The summed E-state index contributed by atoms with van der Waals surface area (Å²) in [4.78, 5) is 30.0. The Labute approximate surface area is 151 Å². The fourth-order valence-corrected chi connectivity index (χ4v) is 2.49. The Balaban J connectivity index is 2.82. The molecule has 0 saturated heterocycles. The number of hydrogen-bond donors (Lipinski definition) is 0. The molecule has 0 spiro atoms. The first kappa shape index (κ1) is 21.0. The molecule has 1 aromatic heterocycles. The van der Waals surface area contributed by atoms with Crippen LogP contribution in [0.25, 0.3) is 0 Å². The minimum absolute atomic E-state index is 0.0408. The molecule has 0 aromatic carbocycles. The van der Waals surface area contributed by atoms with Crippen LogP contribution in [0.4, 0.5) is 4.79 Å². The van der Waals surface area contributed by atoms with Gasteiger partial charge < -0.3 is 24.0 Å². The van der Waals surface area contributed by atoms with E-state index < -0.39 is 0 Å². The molecule has 142 valence electrons. The largest absolute Gasteiger partial charge is 0.383 e. The van der Waals surface area contributed by atoms with Crippen LogP contribution in [-0.2, 0) is 23.1 Å². The lowest BCUT2D eigenvalue weighted by Crippen LogP contribution is -2.47. The molecule has 0 fully saturated rings. The second kappa shape index (κ2) is 10.8. The highest BCUT2D eigenvalue weighted by Crippen LogP contribution is 2.08. The maximum atomic E-state index is 12.9. The third-order valence-corrected chi connectivity index (χ3v) is 4.08. The van der Waals surface area contributed by atoms with Crippen LogP contribution in [0.1, 0.15) is 25.5 Å². The number of aromatic nitrogens is 1. The lowest BCUT2D eigenvalue weighted by Gasteiger charge is -2.29. The van der Waals surface area contributed by atoms with Crippen LogP contribution < -0.4 is 0 Å². The normalized spacial score (nSPS) is 10.6. The van der Waals surface area contributed by atoms with Crippen molar-refractivity contribution < 1.29 is 14.3 Å². The quantitative estimate of drug-likeness (QED) is 0.645. The number of aryl methyl sites for hydroxylation is 1. The number of rotatable bonds is 10. The van der Waals surface area contributed by atoms with E-state index in [2.05, 4.69) is 6.92 Å². The van der Waals surface area contributed by atoms with Gasteiger partial charge in [0.2, 0.25) is 5.91 Å². The van der Waals surface area contributed by atoms with Crippen molar-refractivity contribution in [2.24, 2.45) is 7.05 Å². The molecule has 0 aliphatic heterocycles. The minimum Gasteiger partial charge on any atom is -0.383 e. The zero-order valence-electron chi connectivity index (χ0n) is 16.2. The predicted octanol–water partition coefficient (Wildman–Crippen LogP) is 1.78. The number of unbranched alkanes of at least 4 members (excludes halogenated alkanes) is 1. The van der Waals surface area contributed by atoms with E-state index in [4.69, 9.17) is 4.74 Å². The maximum Gasteiger partial charge on any atom is 0.320 e. The highest BCUT2D eigenvalue weighted by molar-refractivity contribution is 5.84. The highest BCUT2D eigenvalue weighted by Gasteiger charge is 2.22. The average molecular weight is 352 g/mol. The van der Waals surface area contributed by atoms with Crippen LogP contribution >= 0.6 is 0 Å². The molecule has 25 heavy (non-hydrogen) atoms. The summed E-state index contributed by atoms with van der Waals surface area (Å²) in [6, 6.07) is 3.80. The van der Waals surface area contributed by atoms with Gasteiger partial charge in [-0.1, -0.05) is 13.3 Å². The molecule has 0 radical (unpaired) electrons. The first-order valence-corrected chi connectivity index (χ1v) is 8.73. The number of amides is 3. The summed E-state index contributed by atoms with van der Waals surface area (Å²) >= 11 is 0. The molecule has 1 aromatic rings. The Morgan fingerprint density at radius 2 is 1.92 bits per heavy atom. The SMILES string of the molecule is CCCCN(Cc1cccn1C)C(=O)CN(CCOC)C(=O)N(C)C. The lowest BCUT2D eigenvalue weighted by molar-refractivity contribution is -0.132. The van der Waals surface area contributed by atoms with Crippen LogP contribution in [0.2, 0.25) is 0 Å². The van der Waals surface area contributed by atoms with Crippen molar-refractivity contribution in [2.75, 3.05) is 47.4 Å². The molecule has 0 unspecified atom stereocenters. The van der Waals surface area contributed by atoms with E-state index in [1.807, 2.05) is 34.8 Å². The van der Waals surface area contributed by atoms with Gasteiger partial charge in [-0.15, -0.1) is 0 Å². The standard InChI is InChI=1S/C18H32N4O3/c1-6-7-11-21(14-16-9-8-10-20(16)4)17(23)15-22(12-13-25-5)18(24)19(2)3/h8-10H,6-7,11-15H2,1-5H3. The van der Waals surface area contributed by atoms with Crippen LogP contribution in [0.5, 0.6) is 0 Å². The van der Waals surface area contributed by atoms with Gasteiger partial charge in [0.05, 0.1) is 13.2 Å². The van der Waals surface area contributed by atoms with E-state index >= 15 is 0 Å². The lowest BCUT2D eigenvalue weighted by atomic mass is 10.2. The van der Waals surface area contributed by atoms with Crippen molar-refractivity contribution in [3.05, 3.63) is 24.0 Å². The van der Waals surface area contributed by atoms with E-state index in [9.17, 15) is 9.59 Å². The summed E-state index contributed by atoms with van der Waals surface area (Å²) in [6.45, 7) is 4.20. The van der Waals surface area contributed by atoms with Crippen molar-refractivity contribution in [2.45, 2.75) is 26.3 Å². The summed E-state index contributed by atoms with van der Waals surface area (Å²) < 4.78 is 7.08. The molecule has 1 heterocycles. The number of urea groups is 1. The smallest absolute Gasteiger partial charge is 0.320 e. The van der Waals surface area contributed by atoms with Gasteiger partial charge in [0.15, 0.2) is 0 Å². The Hall–Kier alpha value is -2.02. The summed E-state index contributed by atoms with van der Waals surface area (Å²) in [5, 5.41) is 0. The zero-order valence-corrected chi connectivity index (χ0v) is 16.2. The second-order valence-corrected chi connectivity index (χ2v) is 6.37. The highest BCUT2D eigenvalue weighted by atomic mass is 16.5. The molecule has 0 N–H and O–H groups in total. The third-order valence-electron chi connectivity index (χ3n) is 4.08. The molecule has 0 bridgehead atoms. The molecule has 7 nitrogen and oxygen atoms in total. The average Bonchev–Trinajstić information content (AvgIpc) is 2.99. The Morgan fingerprint density at radius 1 is 1.20 bits per heavy atom. The molecule has 1 rings (SSSR count). The van der Waals surface area contributed by atoms with Crippen molar-refractivity contribution in [3.8, 4) is 0 Å². The Morgan fingerprint density at radius 3 is 2.44 bits per heavy atom. The van der Waals surface area contributed by atoms with Gasteiger partial charge in [-0.2, -0.15) is 0 Å². The molecule has 0 atom stereocenters. The fourth-order valence-electron chi connectivity index (χ4n) is 2.49. The van der Waals surface area contributed by atoms with Gasteiger partial charge in [0.1, 0.15) is 6.54 Å². The van der Waals surface area contributed by atoms with E-state index in [1.54, 1.807) is 21.2 Å². The molecule has 3 amide bonds. The van der Waals surface area contributed by atoms with Crippen molar-refractivity contribution in [1.29, 1.82) is 0 Å². The number of methoxy groups -OCH3 is 1. The van der Waals surface area contributed by atoms with Gasteiger partial charge in [0, 0.05) is 53.2 Å². The number of carbonyl (C=O) groups is 2. The first-order chi connectivity index (χ1) is 11.9. The summed E-state index contributed by atoms with van der Waals surface area (Å²) in [7, 11) is 6.93. The molecular formula is C18H32N4O3. The molecule has 0 aliphatic rings. The van der Waals surface area contributed by atoms with Gasteiger partial charge in [-0.05, 0) is 18.6 Å². The molecule has 7 heteroatoms. The third kappa shape index (κ3) is 6.78. The Bertz CT molecular complexity index is 542. The van der Waals surface area contributed by atoms with E-state index in [0.717, 1.165) is 18.5 Å². The van der Waals surface area contributed by atoms with Crippen LogP contribution in [0, 0.1) is 0 Å². The van der Waals surface area contributed by atoms with E-state index in [-0.39, 0.29) is 18.5 Å². The van der Waals surface area contributed by atoms with Gasteiger partial charge >= 0.3 is 6.03 Å². The summed E-state index contributed by atoms with van der Waals surface area (Å²) in [6.07, 6.45) is 3.93. The monoisotopic (exact) mass is 352 g/mol. The van der Waals surface area contributed by atoms with Crippen LogP contribution in [0.15, 0.2) is 18.3 Å². The van der Waals surface area contributed by atoms with E-state index in [0.29, 0.717) is 26.2 Å². The molecule has 0 aliphatic carbocycles. The summed E-state index contributed by atoms with van der Waals surface area (Å²) in [5.74, 6) is -0.0408. The number of nitrogens with zero attached hydrogens (tertiary/aromatic N) is 4. The van der Waals surface area contributed by atoms with Crippen LogP contribution in [0.3, 0.4) is 0 Å². The predicted molar refractivity (Wildman–Crippen MR) is 98.3 cm³/mol.